The summed E-state index contributed by atoms with van der Waals surface area (Å²) in [7, 11) is 1.88. The van der Waals surface area contributed by atoms with E-state index in [1.807, 2.05) is 36.9 Å². The topological polar surface area (TPSA) is 47.7 Å². The molecular weight excluding hydrogens is 202 g/mol. The number of nitrogens with zero attached hydrogens (tertiary/aromatic N) is 4. The van der Waals surface area contributed by atoms with Gasteiger partial charge in [0, 0.05) is 25.9 Å². The molecule has 0 atom stereocenters. The number of allylic oxidation sites excluding steroid dienone is 1. The Morgan fingerprint density at radius 2 is 2.38 bits per heavy atom. The maximum atomic E-state index is 4.41. The molecule has 5 heteroatoms. The van der Waals surface area contributed by atoms with Crippen LogP contribution in [0.2, 0.25) is 0 Å². The molecule has 0 bridgehead atoms. The smallest absolute Gasteiger partial charge is 0.209 e. The van der Waals surface area contributed by atoms with Gasteiger partial charge in [0.05, 0.1) is 11.9 Å². The second-order valence-electron chi connectivity index (χ2n) is 3.61. The van der Waals surface area contributed by atoms with Crippen LogP contribution in [0.15, 0.2) is 31.1 Å². The number of aromatic nitrogens is 4. The van der Waals surface area contributed by atoms with E-state index in [0.29, 0.717) is 0 Å². The van der Waals surface area contributed by atoms with Crippen molar-refractivity contribution in [2.45, 2.75) is 13.5 Å². The van der Waals surface area contributed by atoms with Crippen LogP contribution in [-0.4, -0.2) is 19.3 Å². The first-order valence-electron chi connectivity index (χ1n) is 5.10. The number of anilines is 2. The summed E-state index contributed by atoms with van der Waals surface area (Å²) >= 11 is 0. The Hall–Kier alpha value is -2.04. The Bertz CT molecular complexity index is 494. The van der Waals surface area contributed by atoms with Gasteiger partial charge in [0.2, 0.25) is 5.95 Å². The molecule has 0 aliphatic carbocycles. The van der Waals surface area contributed by atoms with Gasteiger partial charge in [-0.25, -0.2) is 4.98 Å². The first-order valence-corrected chi connectivity index (χ1v) is 5.10. The second-order valence-corrected chi connectivity index (χ2v) is 3.61. The third-order valence-electron chi connectivity index (χ3n) is 2.28. The maximum absolute atomic E-state index is 4.41. The molecule has 5 nitrogen and oxygen atoms in total. The average Bonchev–Trinajstić information content (AvgIpc) is 2.77. The van der Waals surface area contributed by atoms with E-state index in [4.69, 9.17) is 0 Å². The minimum absolute atomic E-state index is 0.737. The third kappa shape index (κ3) is 1.98. The van der Waals surface area contributed by atoms with Crippen molar-refractivity contribution in [2.75, 3.05) is 5.32 Å². The normalized spacial score (nSPS) is 10.4. The van der Waals surface area contributed by atoms with Gasteiger partial charge in [-0.1, -0.05) is 6.08 Å². The number of imidazole rings is 1. The summed E-state index contributed by atoms with van der Waals surface area (Å²) in [4.78, 5) is 4.41. The molecule has 1 N–H and O–H groups in total. The molecule has 16 heavy (non-hydrogen) atoms. The monoisotopic (exact) mass is 217 g/mol. The molecule has 2 rings (SSSR count). The summed E-state index contributed by atoms with van der Waals surface area (Å²) in [6, 6.07) is 1.91. The van der Waals surface area contributed by atoms with Crippen molar-refractivity contribution >= 4 is 11.8 Å². The highest BCUT2D eigenvalue weighted by Gasteiger charge is 2.06. The summed E-state index contributed by atoms with van der Waals surface area (Å²) in [6.45, 7) is 6.43. The van der Waals surface area contributed by atoms with Gasteiger partial charge in [-0.2, -0.15) is 5.10 Å². The lowest BCUT2D eigenvalue weighted by Crippen LogP contribution is -2.05. The van der Waals surface area contributed by atoms with Crippen LogP contribution in [0.3, 0.4) is 0 Å². The molecule has 2 heterocycles. The molecule has 0 radical (unpaired) electrons. The number of aryl methyl sites for hydroxylation is 2. The third-order valence-corrected chi connectivity index (χ3v) is 2.28. The molecule has 0 spiro atoms. The van der Waals surface area contributed by atoms with E-state index in [1.165, 1.54) is 0 Å². The summed E-state index contributed by atoms with van der Waals surface area (Å²) in [5.74, 6) is 1.72. The lowest BCUT2D eigenvalue weighted by molar-refractivity contribution is 0.769. The van der Waals surface area contributed by atoms with Crippen LogP contribution in [0.4, 0.5) is 11.8 Å². The van der Waals surface area contributed by atoms with E-state index in [9.17, 15) is 0 Å². The van der Waals surface area contributed by atoms with Crippen molar-refractivity contribution in [3.63, 3.8) is 0 Å². The first kappa shape index (κ1) is 10.5. The van der Waals surface area contributed by atoms with Crippen molar-refractivity contribution in [2.24, 2.45) is 7.05 Å². The standard InChI is InChI=1S/C11H15N5/c1-4-7-16-8-9(2)13-11(16)14-10-5-6-12-15(10)3/h4-6,8H,1,7H2,2-3H3,(H,13,14). The lowest BCUT2D eigenvalue weighted by atomic mass is 10.5. The number of nitrogens with one attached hydrogen (secondary N) is 1. The predicted molar refractivity (Wildman–Crippen MR) is 63.7 cm³/mol. The quantitative estimate of drug-likeness (QED) is 0.795. The van der Waals surface area contributed by atoms with Crippen LogP contribution in [0.25, 0.3) is 0 Å². The molecule has 0 saturated carbocycles. The highest BCUT2D eigenvalue weighted by atomic mass is 15.3. The molecule has 0 aliphatic heterocycles. The molecule has 0 aliphatic rings. The fraction of sp³-hybridized carbons (Fsp3) is 0.273. The number of hydrogen-bond donors (Lipinski definition) is 1. The highest BCUT2D eigenvalue weighted by molar-refractivity contribution is 5.48. The van der Waals surface area contributed by atoms with Crippen molar-refractivity contribution in [3.05, 3.63) is 36.8 Å². The maximum Gasteiger partial charge on any atom is 0.209 e. The van der Waals surface area contributed by atoms with Crippen LogP contribution < -0.4 is 5.32 Å². The Balaban J connectivity index is 2.26. The average molecular weight is 217 g/mol. The van der Waals surface area contributed by atoms with Crippen LogP contribution in [0.5, 0.6) is 0 Å². The Morgan fingerprint density at radius 3 is 3.00 bits per heavy atom. The van der Waals surface area contributed by atoms with E-state index in [-0.39, 0.29) is 0 Å². The lowest BCUT2D eigenvalue weighted by Gasteiger charge is -2.07. The van der Waals surface area contributed by atoms with Gasteiger partial charge >= 0.3 is 0 Å². The van der Waals surface area contributed by atoms with Crippen molar-refractivity contribution in [1.29, 1.82) is 0 Å². The molecule has 0 saturated heterocycles. The summed E-state index contributed by atoms with van der Waals surface area (Å²) in [5.41, 5.74) is 0.978. The SMILES string of the molecule is C=CCn1cc(C)nc1Nc1ccnn1C. The zero-order valence-electron chi connectivity index (χ0n) is 9.51. The minimum Gasteiger partial charge on any atom is -0.313 e. The molecule has 0 fully saturated rings. The summed E-state index contributed by atoms with van der Waals surface area (Å²) < 4.78 is 3.78. The molecule has 0 amide bonds. The van der Waals surface area contributed by atoms with Gasteiger partial charge in [0.1, 0.15) is 5.82 Å². The van der Waals surface area contributed by atoms with Gasteiger partial charge in [-0.3, -0.25) is 4.68 Å². The zero-order valence-corrected chi connectivity index (χ0v) is 9.51. The number of rotatable bonds is 4. The number of hydrogen-bond acceptors (Lipinski definition) is 3. The summed E-state index contributed by atoms with van der Waals surface area (Å²) in [5, 5.41) is 7.32. The summed E-state index contributed by atoms with van der Waals surface area (Å²) in [6.07, 6.45) is 5.58. The second kappa shape index (κ2) is 4.22. The van der Waals surface area contributed by atoms with Crippen molar-refractivity contribution in [1.82, 2.24) is 19.3 Å². The first-order chi connectivity index (χ1) is 7.70. The van der Waals surface area contributed by atoms with E-state index in [1.54, 1.807) is 10.9 Å². The van der Waals surface area contributed by atoms with E-state index < -0.39 is 0 Å². The van der Waals surface area contributed by atoms with Crippen LogP contribution >= 0.6 is 0 Å². The van der Waals surface area contributed by atoms with Crippen molar-refractivity contribution < 1.29 is 0 Å². The fourth-order valence-corrected chi connectivity index (χ4v) is 1.54. The van der Waals surface area contributed by atoms with Crippen LogP contribution in [0.1, 0.15) is 5.69 Å². The highest BCUT2D eigenvalue weighted by Crippen LogP contribution is 2.15. The van der Waals surface area contributed by atoms with Crippen molar-refractivity contribution in [3.8, 4) is 0 Å². The molecule has 2 aromatic heterocycles. The van der Waals surface area contributed by atoms with Crippen LogP contribution in [-0.2, 0) is 13.6 Å². The van der Waals surface area contributed by atoms with Gasteiger partial charge in [0.25, 0.3) is 0 Å². The zero-order chi connectivity index (χ0) is 11.5. The largest absolute Gasteiger partial charge is 0.313 e. The Morgan fingerprint density at radius 1 is 1.56 bits per heavy atom. The van der Waals surface area contributed by atoms with E-state index in [2.05, 4.69) is 22.0 Å². The Kier molecular flexibility index (Phi) is 2.76. The van der Waals surface area contributed by atoms with Gasteiger partial charge in [0.15, 0.2) is 0 Å². The molecule has 84 valence electrons. The molecular formula is C11H15N5. The fourth-order valence-electron chi connectivity index (χ4n) is 1.54. The molecule has 0 aromatic carbocycles. The van der Waals surface area contributed by atoms with E-state index in [0.717, 1.165) is 24.0 Å². The van der Waals surface area contributed by atoms with Crippen LogP contribution in [0, 0.1) is 6.92 Å². The molecule has 0 unspecified atom stereocenters. The van der Waals surface area contributed by atoms with Gasteiger partial charge in [-0.15, -0.1) is 6.58 Å². The van der Waals surface area contributed by atoms with Gasteiger partial charge in [-0.05, 0) is 6.92 Å². The van der Waals surface area contributed by atoms with E-state index >= 15 is 0 Å². The molecule has 2 aromatic rings. The Labute approximate surface area is 94.4 Å². The van der Waals surface area contributed by atoms with Gasteiger partial charge < -0.3 is 9.88 Å². The predicted octanol–water partition coefficient (Wildman–Crippen LogP) is 1.85. The minimum atomic E-state index is 0.737.